The van der Waals surface area contributed by atoms with E-state index >= 15 is 0 Å². The van der Waals surface area contributed by atoms with Crippen molar-refractivity contribution in [3.63, 3.8) is 0 Å². The molecular formula is C17H14F2N2O2. The van der Waals surface area contributed by atoms with Crippen molar-refractivity contribution < 1.29 is 18.3 Å². The van der Waals surface area contributed by atoms with Crippen LogP contribution in [-0.4, -0.2) is 18.0 Å². The molecule has 23 heavy (non-hydrogen) atoms. The van der Waals surface area contributed by atoms with E-state index in [-0.39, 0.29) is 6.42 Å². The lowest BCUT2D eigenvalue weighted by molar-refractivity contribution is -0.115. The van der Waals surface area contributed by atoms with Gasteiger partial charge in [0.15, 0.2) is 0 Å². The molecule has 0 aliphatic heterocycles. The molecule has 0 unspecified atom stereocenters. The second-order valence-corrected chi connectivity index (χ2v) is 5.05. The molecule has 4 nitrogen and oxygen atoms in total. The van der Waals surface area contributed by atoms with E-state index in [2.05, 4.69) is 10.3 Å². The number of amides is 1. The number of rotatable bonds is 4. The van der Waals surface area contributed by atoms with Crippen LogP contribution in [0.2, 0.25) is 0 Å². The average molecular weight is 316 g/mol. The van der Waals surface area contributed by atoms with E-state index in [1.54, 1.807) is 25.4 Å². The molecule has 2 N–H and O–H groups in total. The van der Waals surface area contributed by atoms with E-state index in [0.29, 0.717) is 11.3 Å². The van der Waals surface area contributed by atoms with Crippen molar-refractivity contribution in [2.24, 2.45) is 0 Å². The predicted molar refractivity (Wildman–Crippen MR) is 83.5 cm³/mol. The molecule has 3 aromatic rings. The van der Waals surface area contributed by atoms with E-state index in [1.807, 2.05) is 6.07 Å². The zero-order valence-corrected chi connectivity index (χ0v) is 12.3. The van der Waals surface area contributed by atoms with Crippen LogP contribution in [0.1, 0.15) is 5.56 Å². The number of methoxy groups -OCH3 is 1. The minimum atomic E-state index is -0.807. The van der Waals surface area contributed by atoms with E-state index in [0.717, 1.165) is 23.0 Å². The quantitative estimate of drug-likeness (QED) is 0.772. The van der Waals surface area contributed by atoms with Gasteiger partial charge >= 0.3 is 0 Å². The molecule has 0 radical (unpaired) electrons. The highest BCUT2D eigenvalue weighted by atomic mass is 19.1. The van der Waals surface area contributed by atoms with Gasteiger partial charge in [0, 0.05) is 17.1 Å². The lowest BCUT2D eigenvalue weighted by Crippen LogP contribution is -2.16. The fourth-order valence-electron chi connectivity index (χ4n) is 2.40. The fourth-order valence-corrected chi connectivity index (χ4v) is 2.40. The number of aromatic amines is 1. The molecule has 1 aromatic heterocycles. The number of benzene rings is 2. The van der Waals surface area contributed by atoms with Gasteiger partial charge in [-0.25, -0.2) is 8.78 Å². The Bertz CT molecular complexity index is 854. The Balaban J connectivity index is 1.83. The summed E-state index contributed by atoms with van der Waals surface area (Å²) in [4.78, 5) is 15.1. The van der Waals surface area contributed by atoms with E-state index in [4.69, 9.17) is 4.74 Å². The number of nitrogens with one attached hydrogen (secondary N) is 2. The molecule has 0 saturated heterocycles. The van der Waals surface area contributed by atoms with Gasteiger partial charge in [-0.2, -0.15) is 0 Å². The lowest BCUT2D eigenvalue weighted by atomic mass is 10.1. The van der Waals surface area contributed by atoms with Gasteiger partial charge in [0.25, 0.3) is 0 Å². The highest BCUT2D eigenvalue weighted by Gasteiger charge is 2.14. The Morgan fingerprint density at radius 1 is 1.22 bits per heavy atom. The molecule has 118 valence electrons. The number of fused-ring (bicyclic) bond motifs is 1. The molecule has 1 amide bonds. The van der Waals surface area contributed by atoms with Crippen LogP contribution >= 0.6 is 0 Å². The van der Waals surface area contributed by atoms with Crippen molar-refractivity contribution >= 4 is 22.5 Å². The van der Waals surface area contributed by atoms with Gasteiger partial charge in [0.1, 0.15) is 23.1 Å². The minimum absolute atomic E-state index is 0.0130. The third kappa shape index (κ3) is 3.01. The van der Waals surface area contributed by atoms with E-state index in [1.165, 1.54) is 6.07 Å². The summed E-state index contributed by atoms with van der Waals surface area (Å²) in [6, 6.07) is 8.87. The number of carbonyl (C=O) groups is 1. The summed E-state index contributed by atoms with van der Waals surface area (Å²) in [6.45, 7) is 0. The highest BCUT2D eigenvalue weighted by molar-refractivity contribution is 5.96. The van der Waals surface area contributed by atoms with Crippen LogP contribution in [-0.2, 0) is 11.2 Å². The maximum atomic E-state index is 13.6. The Kier molecular flexibility index (Phi) is 3.97. The number of halogens is 2. The van der Waals surface area contributed by atoms with E-state index in [9.17, 15) is 13.6 Å². The summed E-state index contributed by atoms with van der Waals surface area (Å²) in [7, 11) is 1.56. The minimum Gasteiger partial charge on any atom is -0.497 e. The Labute approximate surface area is 131 Å². The maximum Gasteiger partial charge on any atom is 0.229 e. The molecule has 3 rings (SSSR count). The van der Waals surface area contributed by atoms with Crippen molar-refractivity contribution in [1.29, 1.82) is 0 Å². The van der Waals surface area contributed by atoms with Gasteiger partial charge in [-0.15, -0.1) is 0 Å². The fraction of sp³-hybridized carbons (Fsp3) is 0.118. The standard InChI is InChI=1S/C17H14F2N2O2/c1-23-11-5-6-15-12(8-11)10(9-20-15)7-16(22)21-17-13(18)3-2-4-14(17)19/h2-6,8-9,20H,7H2,1H3,(H,21,22). The first kappa shape index (κ1) is 15.0. The van der Waals surface area contributed by atoms with Gasteiger partial charge < -0.3 is 15.0 Å². The summed E-state index contributed by atoms with van der Waals surface area (Å²) >= 11 is 0. The van der Waals surface area contributed by atoms with Crippen LogP contribution in [0.15, 0.2) is 42.6 Å². The highest BCUT2D eigenvalue weighted by Crippen LogP contribution is 2.24. The van der Waals surface area contributed by atoms with Gasteiger partial charge in [-0.3, -0.25) is 4.79 Å². The zero-order valence-electron chi connectivity index (χ0n) is 12.3. The molecule has 0 bridgehead atoms. The molecule has 0 aliphatic carbocycles. The number of carbonyl (C=O) groups excluding carboxylic acids is 1. The molecule has 0 spiro atoms. The first-order valence-electron chi connectivity index (χ1n) is 6.96. The van der Waals surface area contributed by atoms with Crippen molar-refractivity contribution in [3.05, 3.63) is 59.8 Å². The number of aromatic nitrogens is 1. The smallest absolute Gasteiger partial charge is 0.229 e. The molecule has 0 fully saturated rings. The topological polar surface area (TPSA) is 54.1 Å². The third-order valence-electron chi connectivity index (χ3n) is 3.55. The van der Waals surface area contributed by atoms with Crippen LogP contribution in [0.3, 0.4) is 0 Å². The molecule has 2 aromatic carbocycles. The Morgan fingerprint density at radius 2 is 1.96 bits per heavy atom. The number of hydrogen-bond donors (Lipinski definition) is 2. The summed E-state index contributed by atoms with van der Waals surface area (Å²) in [5, 5.41) is 3.10. The second-order valence-electron chi connectivity index (χ2n) is 5.05. The zero-order chi connectivity index (χ0) is 16.4. The SMILES string of the molecule is COc1ccc2[nH]cc(CC(=O)Nc3c(F)cccc3F)c2c1. The summed E-state index contributed by atoms with van der Waals surface area (Å²) in [5.74, 6) is -1.45. The number of anilines is 1. The number of hydrogen-bond acceptors (Lipinski definition) is 2. The number of para-hydroxylation sites is 1. The van der Waals surface area contributed by atoms with Gasteiger partial charge in [0.05, 0.1) is 13.5 Å². The Morgan fingerprint density at radius 3 is 2.65 bits per heavy atom. The van der Waals surface area contributed by atoms with Crippen molar-refractivity contribution in [2.75, 3.05) is 12.4 Å². The number of H-pyrrole nitrogens is 1. The predicted octanol–water partition coefficient (Wildman–Crippen LogP) is 3.64. The van der Waals surface area contributed by atoms with Crippen molar-refractivity contribution in [3.8, 4) is 5.75 Å². The summed E-state index contributed by atoms with van der Waals surface area (Å²) in [6.07, 6.45) is 1.68. The summed E-state index contributed by atoms with van der Waals surface area (Å²) in [5.41, 5.74) is 1.13. The van der Waals surface area contributed by atoms with Crippen LogP contribution in [0.5, 0.6) is 5.75 Å². The van der Waals surface area contributed by atoms with Crippen LogP contribution < -0.4 is 10.1 Å². The summed E-state index contributed by atoms with van der Waals surface area (Å²) < 4.78 is 32.3. The van der Waals surface area contributed by atoms with Crippen molar-refractivity contribution in [1.82, 2.24) is 4.98 Å². The normalized spacial score (nSPS) is 10.7. The largest absolute Gasteiger partial charge is 0.497 e. The van der Waals surface area contributed by atoms with Crippen LogP contribution in [0, 0.1) is 11.6 Å². The molecule has 6 heteroatoms. The third-order valence-corrected chi connectivity index (χ3v) is 3.55. The van der Waals surface area contributed by atoms with Gasteiger partial charge in [-0.05, 0) is 35.9 Å². The van der Waals surface area contributed by atoms with E-state index < -0.39 is 23.2 Å². The number of ether oxygens (including phenoxy) is 1. The molecule has 0 atom stereocenters. The maximum absolute atomic E-state index is 13.6. The first-order chi connectivity index (χ1) is 11.1. The van der Waals surface area contributed by atoms with Crippen LogP contribution in [0.4, 0.5) is 14.5 Å². The molecule has 1 heterocycles. The van der Waals surface area contributed by atoms with Crippen LogP contribution in [0.25, 0.3) is 10.9 Å². The lowest BCUT2D eigenvalue weighted by Gasteiger charge is -2.07. The monoisotopic (exact) mass is 316 g/mol. The molecular weight excluding hydrogens is 302 g/mol. The average Bonchev–Trinajstić information content (AvgIpc) is 2.93. The van der Waals surface area contributed by atoms with Gasteiger partial charge in [0.2, 0.25) is 5.91 Å². The Hall–Kier alpha value is -2.89. The second kappa shape index (κ2) is 6.08. The first-order valence-corrected chi connectivity index (χ1v) is 6.96. The molecule has 0 saturated carbocycles. The molecule has 0 aliphatic rings. The van der Waals surface area contributed by atoms with Gasteiger partial charge in [-0.1, -0.05) is 6.07 Å². The van der Waals surface area contributed by atoms with Crippen molar-refractivity contribution in [2.45, 2.75) is 6.42 Å².